The normalized spacial score (nSPS) is 13.7. The molecule has 0 spiro atoms. The molecule has 0 radical (unpaired) electrons. The molecule has 208 valence electrons. The number of ether oxygens (including phenoxy) is 1. The maximum atomic E-state index is 14.2. The summed E-state index contributed by atoms with van der Waals surface area (Å²) in [5.74, 6) is -0.767. The molecule has 0 aromatic heterocycles. The van der Waals surface area contributed by atoms with Crippen LogP contribution in [0.4, 0.5) is 10.5 Å². The third kappa shape index (κ3) is 8.89. The average molecular weight is 524 g/mol. The van der Waals surface area contributed by atoms with Crippen molar-refractivity contribution in [2.75, 3.05) is 11.9 Å². The Morgan fingerprint density at radius 1 is 1.00 bits per heavy atom. The molecule has 2 rings (SSSR count). The topological polar surface area (TPSA) is 87.7 Å². The van der Waals surface area contributed by atoms with Gasteiger partial charge in [-0.25, -0.2) is 4.79 Å². The lowest BCUT2D eigenvalue weighted by Gasteiger charge is -2.36. The molecule has 0 aliphatic carbocycles. The number of hydrogen-bond donors (Lipinski definition) is 2. The zero-order valence-electron chi connectivity index (χ0n) is 24.3. The fourth-order valence-corrected chi connectivity index (χ4v) is 4.22. The van der Waals surface area contributed by atoms with Crippen molar-refractivity contribution in [3.05, 3.63) is 65.2 Å². The predicted octanol–water partition coefficient (Wildman–Crippen LogP) is 6.55. The molecule has 0 heterocycles. The lowest BCUT2D eigenvalue weighted by atomic mass is 9.95. The van der Waals surface area contributed by atoms with Crippen molar-refractivity contribution in [1.29, 1.82) is 0 Å². The van der Waals surface area contributed by atoms with Crippen molar-refractivity contribution in [2.45, 2.75) is 92.3 Å². The number of amides is 3. The first-order valence-electron chi connectivity index (χ1n) is 13.6. The van der Waals surface area contributed by atoms with Gasteiger partial charge in [0.25, 0.3) is 5.91 Å². The zero-order valence-corrected chi connectivity index (χ0v) is 24.3. The standard InChI is InChI=1S/C31H45N3O4/c1-9-11-19-34(29(36)26(22(4)10-2)33-30(37)38-31(6,7)8)27(24-17-14-15-21(3)20-24)28(35)32-25-18-13-12-16-23(25)5/h12-18,20,22,26-27H,9-11,19H2,1-8H3,(H,32,35)(H,33,37). The van der Waals surface area contributed by atoms with Crippen LogP contribution in [0.1, 0.15) is 83.5 Å². The molecule has 7 heteroatoms. The van der Waals surface area contributed by atoms with Gasteiger partial charge in [-0.15, -0.1) is 0 Å². The molecule has 0 saturated carbocycles. The van der Waals surface area contributed by atoms with Gasteiger partial charge in [-0.3, -0.25) is 9.59 Å². The quantitative estimate of drug-likeness (QED) is 0.350. The maximum Gasteiger partial charge on any atom is 0.408 e. The number of aryl methyl sites for hydroxylation is 2. The molecule has 38 heavy (non-hydrogen) atoms. The summed E-state index contributed by atoms with van der Waals surface area (Å²) in [4.78, 5) is 42.6. The van der Waals surface area contributed by atoms with E-state index in [2.05, 4.69) is 10.6 Å². The molecule has 0 bridgehead atoms. The van der Waals surface area contributed by atoms with Gasteiger partial charge in [0, 0.05) is 12.2 Å². The minimum atomic E-state index is -0.874. The van der Waals surface area contributed by atoms with Crippen LogP contribution in [0.5, 0.6) is 0 Å². The summed E-state index contributed by atoms with van der Waals surface area (Å²) in [6.45, 7) is 15.6. The Hall–Kier alpha value is -3.35. The largest absolute Gasteiger partial charge is 0.444 e. The highest BCUT2D eigenvalue weighted by molar-refractivity contribution is 5.99. The number of rotatable bonds is 11. The highest BCUT2D eigenvalue weighted by Gasteiger charge is 2.38. The molecule has 2 N–H and O–H groups in total. The first kappa shape index (κ1) is 30.9. The summed E-state index contributed by atoms with van der Waals surface area (Å²) in [7, 11) is 0. The molecule has 0 aliphatic rings. The van der Waals surface area contributed by atoms with Crippen LogP contribution in [-0.4, -0.2) is 41.0 Å². The Balaban J connectivity index is 2.55. The summed E-state index contributed by atoms with van der Waals surface area (Å²) in [5.41, 5.74) is 2.64. The van der Waals surface area contributed by atoms with Crippen molar-refractivity contribution in [3.8, 4) is 0 Å². The molecule has 0 aliphatic heterocycles. The number of carbonyl (C=O) groups is 3. The van der Waals surface area contributed by atoms with Gasteiger partial charge in [-0.2, -0.15) is 0 Å². The van der Waals surface area contributed by atoms with Gasteiger partial charge in [0.2, 0.25) is 5.91 Å². The van der Waals surface area contributed by atoms with Crippen LogP contribution >= 0.6 is 0 Å². The molecule has 0 saturated heterocycles. The number of benzene rings is 2. The van der Waals surface area contributed by atoms with E-state index in [1.165, 1.54) is 0 Å². The van der Waals surface area contributed by atoms with Crippen LogP contribution in [0, 0.1) is 19.8 Å². The van der Waals surface area contributed by atoms with Crippen LogP contribution < -0.4 is 10.6 Å². The second kappa shape index (κ2) is 14.0. The highest BCUT2D eigenvalue weighted by atomic mass is 16.6. The molecule has 3 unspecified atom stereocenters. The van der Waals surface area contributed by atoms with Crippen LogP contribution in [-0.2, 0) is 14.3 Å². The fraction of sp³-hybridized carbons (Fsp3) is 0.516. The van der Waals surface area contributed by atoms with E-state index in [9.17, 15) is 14.4 Å². The van der Waals surface area contributed by atoms with E-state index in [0.29, 0.717) is 25.1 Å². The molecular weight excluding hydrogens is 478 g/mol. The fourth-order valence-electron chi connectivity index (χ4n) is 4.22. The number of nitrogens with zero attached hydrogens (tertiary/aromatic N) is 1. The Morgan fingerprint density at radius 2 is 1.68 bits per heavy atom. The van der Waals surface area contributed by atoms with Gasteiger partial charge in [0.1, 0.15) is 17.7 Å². The van der Waals surface area contributed by atoms with E-state index in [-0.39, 0.29) is 17.7 Å². The number of alkyl carbamates (subject to hydrolysis) is 1. The number of carbonyl (C=O) groups excluding carboxylic acids is 3. The van der Waals surface area contributed by atoms with Crippen molar-refractivity contribution in [1.82, 2.24) is 10.2 Å². The maximum absolute atomic E-state index is 14.2. The Labute approximate surface area is 228 Å². The van der Waals surface area contributed by atoms with Gasteiger partial charge in [-0.1, -0.05) is 81.6 Å². The smallest absolute Gasteiger partial charge is 0.408 e. The van der Waals surface area contributed by atoms with E-state index in [1.807, 2.05) is 83.1 Å². The van der Waals surface area contributed by atoms with Crippen LogP contribution in [0.3, 0.4) is 0 Å². The Morgan fingerprint density at radius 3 is 2.26 bits per heavy atom. The van der Waals surface area contributed by atoms with Crippen molar-refractivity contribution < 1.29 is 19.1 Å². The van der Waals surface area contributed by atoms with Crippen molar-refractivity contribution in [3.63, 3.8) is 0 Å². The minimum absolute atomic E-state index is 0.170. The number of nitrogens with one attached hydrogen (secondary N) is 2. The van der Waals surface area contributed by atoms with Crippen LogP contribution in [0.2, 0.25) is 0 Å². The SMILES string of the molecule is CCCCN(C(=O)C(NC(=O)OC(C)(C)C)C(C)CC)C(C(=O)Nc1ccccc1C)c1cccc(C)c1. The Kier molecular flexibility index (Phi) is 11.4. The van der Waals surface area contributed by atoms with E-state index in [1.54, 1.807) is 25.7 Å². The first-order valence-corrected chi connectivity index (χ1v) is 13.6. The summed E-state index contributed by atoms with van der Waals surface area (Å²) in [5, 5.41) is 5.86. The molecule has 3 amide bonds. The minimum Gasteiger partial charge on any atom is -0.444 e. The number of hydrogen-bond acceptors (Lipinski definition) is 4. The lowest BCUT2D eigenvalue weighted by molar-refractivity contribution is -0.142. The second-order valence-corrected chi connectivity index (χ2v) is 11.0. The Bertz CT molecular complexity index is 1090. The molecule has 3 atom stereocenters. The van der Waals surface area contributed by atoms with Gasteiger partial charge in [-0.05, 0) is 64.2 Å². The zero-order chi connectivity index (χ0) is 28.5. The second-order valence-electron chi connectivity index (χ2n) is 11.0. The summed E-state index contributed by atoms with van der Waals surface area (Å²) >= 11 is 0. The van der Waals surface area contributed by atoms with Crippen LogP contribution in [0.25, 0.3) is 0 Å². The predicted molar refractivity (Wildman–Crippen MR) is 153 cm³/mol. The highest BCUT2D eigenvalue weighted by Crippen LogP contribution is 2.28. The van der Waals surface area contributed by atoms with Gasteiger partial charge >= 0.3 is 6.09 Å². The summed E-state index contributed by atoms with van der Waals surface area (Å²) in [6, 6.07) is 13.5. The third-order valence-electron chi connectivity index (χ3n) is 6.51. The van der Waals surface area contributed by atoms with E-state index < -0.39 is 23.8 Å². The first-order chi connectivity index (χ1) is 17.9. The van der Waals surface area contributed by atoms with Gasteiger partial charge in [0.05, 0.1) is 0 Å². The van der Waals surface area contributed by atoms with Crippen molar-refractivity contribution in [2.24, 2.45) is 5.92 Å². The van der Waals surface area contributed by atoms with E-state index >= 15 is 0 Å². The van der Waals surface area contributed by atoms with Gasteiger partial charge < -0.3 is 20.3 Å². The number of anilines is 1. The molecule has 2 aromatic rings. The van der Waals surface area contributed by atoms with Gasteiger partial charge in [0.15, 0.2) is 0 Å². The molecule has 2 aromatic carbocycles. The van der Waals surface area contributed by atoms with E-state index in [0.717, 1.165) is 23.1 Å². The lowest BCUT2D eigenvalue weighted by Crippen LogP contribution is -2.55. The third-order valence-corrected chi connectivity index (χ3v) is 6.51. The number of para-hydroxylation sites is 1. The van der Waals surface area contributed by atoms with Crippen LogP contribution in [0.15, 0.2) is 48.5 Å². The van der Waals surface area contributed by atoms with E-state index in [4.69, 9.17) is 4.74 Å². The molecular formula is C31H45N3O4. The molecule has 0 fully saturated rings. The van der Waals surface area contributed by atoms with Crippen molar-refractivity contribution >= 4 is 23.6 Å². The number of unbranched alkanes of at least 4 members (excludes halogenated alkanes) is 1. The monoisotopic (exact) mass is 523 g/mol. The summed E-state index contributed by atoms with van der Waals surface area (Å²) < 4.78 is 5.47. The average Bonchev–Trinajstić information content (AvgIpc) is 2.84. The summed E-state index contributed by atoms with van der Waals surface area (Å²) in [6.07, 6.45) is 1.57. The molecule has 7 nitrogen and oxygen atoms in total.